The molecule has 2 aromatic rings. The summed E-state index contributed by atoms with van der Waals surface area (Å²) in [7, 11) is -3.86. The van der Waals surface area contributed by atoms with E-state index in [1.165, 1.54) is 6.92 Å². The standard InChI is InChI=1S/C14H17FN4O3S/c1-3-19-7-6-16-14(19)9-17-23(21,22)11-4-5-12(15)13(8-11)18-10(2)20/h4-8,17H,3,9H2,1-2H3,(H,18,20). The molecular formula is C14H17FN4O3S. The molecule has 0 aliphatic heterocycles. The van der Waals surface area contributed by atoms with Crippen LogP contribution in [0.2, 0.25) is 0 Å². The molecule has 0 aliphatic carbocycles. The SMILES string of the molecule is CCn1ccnc1CNS(=O)(=O)c1ccc(F)c(NC(C)=O)c1. The molecule has 7 nitrogen and oxygen atoms in total. The molecule has 124 valence electrons. The van der Waals surface area contributed by atoms with E-state index in [0.29, 0.717) is 12.4 Å². The van der Waals surface area contributed by atoms with Gasteiger partial charge >= 0.3 is 0 Å². The highest BCUT2D eigenvalue weighted by Gasteiger charge is 2.17. The van der Waals surface area contributed by atoms with Gasteiger partial charge in [0.2, 0.25) is 15.9 Å². The van der Waals surface area contributed by atoms with Crippen molar-refractivity contribution < 1.29 is 17.6 Å². The largest absolute Gasteiger partial charge is 0.334 e. The minimum Gasteiger partial charge on any atom is -0.334 e. The van der Waals surface area contributed by atoms with E-state index < -0.39 is 21.7 Å². The zero-order valence-electron chi connectivity index (χ0n) is 12.7. The number of hydrogen-bond acceptors (Lipinski definition) is 4. The second kappa shape index (κ2) is 6.88. The van der Waals surface area contributed by atoms with Crippen LogP contribution >= 0.6 is 0 Å². The average molecular weight is 340 g/mol. The number of nitrogens with one attached hydrogen (secondary N) is 2. The smallest absolute Gasteiger partial charge is 0.241 e. The third-order valence-electron chi connectivity index (χ3n) is 3.12. The van der Waals surface area contributed by atoms with Crippen LogP contribution < -0.4 is 10.0 Å². The zero-order chi connectivity index (χ0) is 17.0. The quantitative estimate of drug-likeness (QED) is 0.833. The van der Waals surface area contributed by atoms with Gasteiger partial charge in [0.15, 0.2) is 0 Å². The third kappa shape index (κ3) is 4.14. The van der Waals surface area contributed by atoms with Crippen LogP contribution in [0.4, 0.5) is 10.1 Å². The number of carbonyl (C=O) groups excluding carboxylic acids is 1. The lowest BCUT2D eigenvalue weighted by molar-refractivity contribution is -0.114. The fraction of sp³-hybridized carbons (Fsp3) is 0.286. The van der Waals surface area contributed by atoms with E-state index in [1.807, 2.05) is 6.92 Å². The summed E-state index contributed by atoms with van der Waals surface area (Å²) >= 11 is 0. The maximum Gasteiger partial charge on any atom is 0.241 e. The van der Waals surface area contributed by atoms with E-state index in [4.69, 9.17) is 0 Å². The van der Waals surface area contributed by atoms with Crippen molar-refractivity contribution in [1.29, 1.82) is 0 Å². The Morgan fingerprint density at radius 3 is 2.78 bits per heavy atom. The van der Waals surface area contributed by atoms with Gasteiger partial charge in [-0.3, -0.25) is 4.79 Å². The fourth-order valence-corrected chi connectivity index (χ4v) is 3.00. The number of rotatable bonds is 6. The molecule has 2 rings (SSSR count). The molecule has 2 N–H and O–H groups in total. The van der Waals surface area contributed by atoms with Crippen molar-refractivity contribution >= 4 is 21.6 Å². The van der Waals surface area contributed by atoms with Crippen molar-refractivity contribution in [2.24, 2.45) is 0 Å². The lowest BCUT2D eigenvalue weighted by Crippen LogP contribution is -2.25. The molecule has 0 spiro atoms. The molecule has 0 atom stereocenters. The van der Waals surface area contributed by atoms with Crippen LogP contribution in [0, 0.1) is 5.82 Å². The molecule has 0 radical (unpaired) electrons. The van der Waals surface area contributed by atoms with Gasteiger partial charge in [0, 0.05) is 25.9 Å². The van der Waals surface area contributed by atoms with Gasteiger partial charge in [-0.15, -0.1) is 0 Å². The lowest BCUT2D eigenvalue weighted by atomic mass is 10.3. The van der Waals surface area contributed by atoms with E-state index in [2.05, 4.69) is 15.0 Å². The Morgan fingerprint density at radius 1 is 1.39 bits per heavy atom. The highest BCUT2D eigenvalue weighted by atomic mass is 32.2. The van der Waals surface area contributed by atoms with Crippen molar-refractivity contribution in [2.75, 3.05) is 5.32 Å². The summed E-state index contributed by atoms with van der Waals surface area (Å²) in [5.74, 6) is -0.627. The maximum absolute atomic E-state index is 13.6. The molecule has 0 unspecified atom stereocenters. The van der Waals surface area contributed by atoms with E-state index in [-0.39, 0.29) is 17.1 Å². The monoisotopic (exact) mass is 340 g/mol. The first-order valence-corrected chi connectivity index (χ1v) is 8.38. The van der Waals surface area contributed by atoms with Gasteiger partial charge in [0.1, 0.15) is 11.6 Å². The first-order valence-electron chi connectivity index (χ1n) is 6.90. The molecular weight excluding hydrogens is 323 g/mol. The third-order valence-corrected chi connectivity index (χ3v) is 4.52. The summed E-state index contributed by atoms with van der Waals surface area (Å²) in [4.78, 5) is 15.0. The maximum atomic E-state index is 13.6. The highest BCUT2D eigenvalue weighted by molar-refractivity contribution is 7.89. The Labute approximate surface area is 133 Å². The van der Waals surface area contributed by atoms with Gasteiger partial charge in [-0.05, 0) is 25.1 Å². The first kappa shape index (κ1) is 17.1. The van der Waals surface area contributed by atoms with Crippen molar-refractivity contribution in [2.45, 2.75) is 31.8 Å². The van der Waals surface area contributed by atoms with Gasteiger partial charge in [-0.25, -0.2) is 22.5 Å². The predicted octanol–water partition coefficient (Wildman–Crippen LogP) is 1.48. The van der Waals surface area contributed by atoms with Crippen molar-refractivity contribution in [3.05, 3.63) is 42.2 Å². The van der Waals surface area contributed by atoms with Crippen LogP contribution in [0.25, 0.3) is 0 Å². The Bertz CT molecular complexity index is 817. The summed E-state index contributed by atoms with van der Waals surface area (Å²) in [6, 6.07) is 3.20. The second-order valence-corrected chi connectivity index (χ2v) is 6.54. The van der Waals surface area contributed by atoms with Crippen LogP contribution in [0.3, 0.4) is 0 Å². The van der Waals surface area contributed by atoms with E-state index in [1.54, 1.807) is 17.0 Å². The van der Waals surface area contributed by atoms with Crippen LogP contribution in [-0.4, -0.2) is 23.9 Å². The molecule has 0 bridgehead atoms. The number of benzene rings is 1. The summed E-state index contributed by atoms with van der Waals surface area (Å²) in [5.41, 5.74) is -0.185. The molecule has 1 amide bonds. The van der Waals surface area contributed by atoms with Crippen molar-refractivity contribution in [1.82, 2.24) is 14.3 Å². The van der Waals surface area contributed by atoms with Gasteiger partial charge < -0.3 is 9.88 Å². The molecule has 9 heteroatoms. The lowest BCUT2D eigenvalue weighted by Gasteiger charge is -2.10. The second-order valence-electron chi connectivity index (χ2n) is 4.78. The normalized spacial score (nSPS) is 11.4. The van der Waals surface area contributed by atoms with Crippen LogP contribution in [-0.2, 0) is 27.9 Å². The topological polar surface area (TPSA) is 93.1 Å². The van der Waals surface area contributed by atoms with Crippen LogP contribution in [0.5, 0.6) is 0 Å². The summed E-state index contributed by atoms with van der Waals surface area (Å²) in [6.45, 7) is 3.80. The number of imidazole rings is 1. The zero-order valence-corrected chi connectivity index (χ0v) is 13.5. The van der Waals surface area contributed by atoms with Gasteiger partial charge in [-0.2, -0.15) is 0 Å². The number of sulfonamides is 1. The number of aromatic nitrogens is 2. The number of carbonyl (C=O) groups is 1. The number of nitrogens with zero attached hydrogens (tertiary/aromatic N) is 2. The number of anilines is 1. The van der Waals surface area contributed by atoms with Crippen LogP contribution in [0.1, 0.15) is 19.7 Å². The first-order chi connectivity index (χ1) is 10.8. The minimum atomic E-state index is -3.86. The van der Waals surface area contributed by atoms with Crippen LogP contribution in [0.15, 0.2) is 35.5 Å². The molecule has 1 aromatic heterocycles. The summed E-state index contributed by atoms with van der Waals surface area (Å²) in [6.07, 6.45) is 3.33. The molecule has 0 saturated heterocycles. The molecule has 23 heavy (non-hydrogen) atoms. The Morgan fingerprint density at radius 2 is 2.13 bits per heavy atom. The molecule has 1 heterocycles. The Hall–Kier alpha value is -2.26. The van der Waals surface area contributed by atoms with E-state index >= 15 is 0 Å². The number of amides is 1. The Kier molecular flexibility index (Phi) is 5.12. The number of hydrogen-bond donors (Lipinski definition) is 2. The van der Waals surface area contributed by atoms with Crippen molar-refractivity contribution in [3.8, 4) is 0 Å². The van der Waals surface area contributed by atoms with Crippen molar-refractivity contribution in [3.63, 3.8) is 0 Å². The molecule has 0 saturated carbocycles. The molecule has 1 aromatic carbocycles. The van der Waals surface area contributed by atoms with E-state index in [0.717, 1.165) is 18.2 Å². The molecule has 0 aliphatic rings. The van der Waals surface area contributed by atoms with Gasteiger partial charge in [-0.1, -0.05) is 0 Å². The number of halogens is 1. The highest BCUT2D eigenvalue weighted by Crippen LogP contribution is 2.19. The molecule has 0 fully saturated rings. The average Bonchev–Trinajstić information content (AvgIpc) is 2.94. The number of aryl methyl sites for hydroxylation is 1. The Balaban J connectivity index is 2.20. The van der Waals surface area contributed by atoms with Gasteiger partial charge in [0.25, 0.3) is 0 Å². The predicted molar refractivity (Wildman–Crippen MR) is 82.6 cm³/mol. The summed E-state index contributed by atoms with van der Waals surface area (Å²) < 4.78 is 42.4. The fourth-order valence-electron chi connectivity index (χ4n) is 2.00. The van der Waals surface area contributed by atoms with E-state index in [9.17, 15) is 17.6 Å². The summed E-state index contributed by atoms with van der Waals surface area (Å²) in [5, 5.41) is 2.25. The van der Waals surface area contributed by atoms with Gasteiger partial charge in [0.05, 0.1) is 17.1 Å². The minimum absolute atomic E-state index is 0.00994.